The molecule has 126 valence electrons. The van der Waals surface area contributed by atoms with Crippen LogP contribution in [-0.2, 0) is 10.5 Å². The molecule has 0 spiro atoms. The number of anilines is 3. The van der Waals surface area contributed by atoms with E-state index in [9.17, 15) is 4.79 Å². The van der Waals surface area contributed by atoms with Crippen LogP contribution < -0.4 is 16.4 Å². The van der Waals surface area contributed by atoms with Crippen LogP contribution in [0.5, 0.6) is 0 Å². The Bertz CT molecular complexity index is 734. The summed E-state index contributed by atoms with van der Waals surface area (Å²) in [6.07, 6.45) is 2.18. The van der Waals surface area contributed by atoms with E-state index in [-0.39, 0.29) is 11.9 Å². The molecule has 0 unspecified atom stereocenters. The van der Waals surface area contributed by atoms with Crippen LogP contribution >= 0.6 is 11.8 Å². The number of rotatable bonds is 7. The molecule has 0 aliphatic heterocycles. The highest BCUT2D eigenvalue weighted by molar-refractivity contribution is 7.99. The molecule has 1 aliphatic carbocycles. The topological polar surface area (TPSA) is 106 Å². The number of para-hydroxylation sites is 1. The number of aryl methyl sites for hydroxylation is 1. The number of amides is 1. The molecule has 8 heteroatoms. The van der Waals surface area contributed by atoms with Crippen molar-refractivity contribution in [2.75, 3.05) is 16.8 Å². The zero-order chi connectivity index (χ0) is 16.9. The van der Waals surface area contributed by atoms with Crippen LogP contribution in [0, 0.1) is 6.92 Å². The highest BCUT2D eigenvalue weighted by Crippen LogP contribution is 2.20. The molecule has 1 aliphatic rings. The van der Waals surface area contributed by atoms with E-state index in [2.05, 4.69) is 25.6 Å². The third-order valence-corrected chi connectivity index (χ3v) is 4.43. The fourth-order valence-electron chi connectivity index (χ4n) is 2.12. The first-order valence-corrected chi connectivity index (χ1v) is 8.96. The minimum atomic E-state index is 0.0581. The van der Waals surface area contributed by atoms with E-state index in [1.54, 1.807) is 0 Å². The first-order valence-electron chi connectivity index (χ1n) is 7.80. The summed E-state index contributed by atoms with van der Waals surface area (Å²) < 4.78 is 0. The van der Waals surface area contributed by atoms with E-state index in [0.717, 1.165) is 24.1 Å². The molecule has 0 saturated heterocycles. The number of nitrogens with zero attached hydrogens (tertiary/aromatic N) is 3. The Balaban J connectivity index is 1.58. The Morgan fingerprint density at radius 1 is 1.29 bits per heavy atom. The average Bonchev–Trinajstić information content (AvgIpc) is 3.33. The third-order valence-electron chi connectivity index (χ3n) is 3.50. The normalized spacial score (nSPS) is 13.5. The van der Waals surface area contributed by atoms with Crippen LogP contribution in [0.15, 0.2) is 24.3 Å². The molecule has 1 amide bonds. The van der Waals surface area contributed by atoms with Gasteiger partial charge in [0.15, 0.2) is 0 Å². The number of hydrogen-bond acceptors (Lipinski definition) is 7. The van der Waals surface area contributed by atoms with Gasteiger partial charge in [-0.2, -0.15) is 15.0 Å². The molecule has 0 atom stereocenters. The van der Waals surface area contributed by atoms with Crippen LogP contribution in [0.2, 0.25) is 0 Å². The Morgan fingerprint density at radius 2 is 2.08 bits per heavy atom. The molecule has 0 radical (unpaired) electrons. The Morgan fingerprint density at radius 3 is 2.83 bits per heavy atom. The Labute approximate surface area is 144 Å². The summed E-state index contributed by atoms with van der Waals surface area (Å²) in [6, 6.07) is 8.25. The average molecular weight is 344 g/mol. The van der Waals surface area contributed by atoms with E-state index in [4.69, 9.17) is 5.73 Å². The molecule has 1 aromatic heterocycles. The van der Waals surface area contributed by atoms with E-state index in [0.29, 0.717) is 29.3 Å². The lowest BCUT2D eigenvalue weighted by Crippen LogP contribution is -2.27. The number of carbonyl (C=O) groups is 1. The van der Waals surface area contributed by atoms with Crippen molar-refractivity contribution in [2.24, 2.45) is 0 Å². The molecule has 7 nitrogen and oxygen atoms in total. The van der Waals surface area contributed by atoms with Crippen LogP contribution in [0.25, 0.3) is 0 Å². The van der Waals surface area contributed by atoms with Gasteiger partial charge in [-0.3, -0.25) is 4.79 Å². The van der Waals surface area contributed by atoms with Crippen molar-refractivity contribution in [1.29, 1.82) is 0 Å². The van der Waals surface area contributed by atoms with Crippen molar-refractivity contribution < 1.29 is 4.79 Å². The van der Waals surface area contributed by atoms with Gasteiger partial charge in [-0.25, -0.2) is 0 Å². The molecule has 1 aromatic carbocycles. The number of hydrogen-bond donors (Lipinski definition) is 3. The van der Waals surface area contributed by atoms with Crippen LogP contribution in [0.3, 0.4) is 0 Å². The van der Waals surface area contributed by atoms with E-state index >= 15 is 0 Å². The molecule has 1 saturated carbocycles. The molecule has 4 N–H and O–H groups in total. The second-order valence-electron chi connectivity index (χ2n) is 5.71. The lowest BCUT2D eigenvalue weighted by Gasteiger charge is -2.09. The van der Waals surface area contributed by atoms with Crippen LogP contribution in [-0.4, -0.2) is 32.7 Å². The summed E-state index contributed by atoms with van der Waals surface area (Å²) in [5.74, 6) is 2.09. The number of nitrogen functional groups attached to an aromatic ring is 1. The molecule has 24 heavy (non-hydrogen) atoms. The lowest BCUT2D eigenvalue weighted by molar-refractivity contribution is -0.118. The third kappa shape index (κ3) is 4.82. The van der Waals surface area contributed by atoms with Gasteiger partial charge in [0.2, 0.25) is 17.8 Å². The van der Waals surface area contributed by atoms with E-state index in [1.165, 1.54) is 11.8 Å². The molecule has 0 bridgehead atoms. The van der Waals surface area contributed by atoms with Gasteiger partial charge in [0.1, 0.15) is 5.82 Å². The fourth-order valence-corrected chi connectivity index (χ4v) is 2.81. The van der Waals surface area contributed by atoms with E-state index < -0.39 is 0 Å². The standard InChI is InChI=1S/C16H20N6OS/c1-10-4-2-3-5-12(10)19-16-21-13(20-15(17)22-16)8-24-9-14(23)18-11-6-7-11/h2-5,11H,6-9H2,1H3,(H,18,23)(H3,17,19,20,21,22). The Kier molecular flexibility index (Phi) is 5.14. The minimum absolute atomic E-state index is 0.0581. The maximum atomic E-state index is 11.7. The number of thioether (sulfide) groups is 1. The summed E-state index contributed by atoms with van der Waals surface area (Å²) in [5.41, 5.74) is 7.78. The van der Waals surface area contributed by atoms with Crippen LogP contribution in [0.4, 0.5) is 17.6 Å². The van der Waals surface area contributed by atoms with Crippen molar-refractivity contribution in [3.8, 4) is 0 Å². The second-order valence-corrected chi connectivity index (χ2v) is 6.69. The summed E-state index contributed by atoms with van der Waals surface area (Å²) in [5, 5.41) is 6.11. The van der Waals surface area contributed by atoms with Gasteiger partial charge in [0.05, 0.1) is 11.5 Å². The Hall–Kier alpha value is -2.35. The number of benzene rings is 1. The van der Waals surface area contributed by atoms with Crippen molar-refractivity contribution in [3.05, 3.63) is 35.7 Å². The minimum Gasteiger partial charge on any atom is -0.368 e. The smallest absolute Gasteiger partial charge is 0.232 e. The second kappa shape index (κ2) is 7.48. The first kappa shape index (κ1) is 16.5. The van der Waals surface area contributed by atoms with E-state index in [1.807, 2.05) is 31.2 Å². The maximum absolute atomic E-state index is 11.7. The van der Waals surface area contributed by atoms with Gasteiger partial charge in [-0.05, 0) is 31.4 Å². The maximum Gasteiger partial charge on any atom is 0.232 e. The predicted molar refractivity (Wildman–Crippen MR) is 96.0 cm³/mol. The van der Waals surface area contributed by atoms with Gasteiger partial charge in [-0.15, -0.1) is 11.8 Å². The van der Waals surface area contributed by atoms with Crippen molar-refractivity contribution in [2.45, 2.75) is 31.6 Å². The number of aromatic nitrogens is 3. The van der Waals surface area contributed by atoms with Gasteiger partial charge < -0.3 is 16.4 Å². The lowest BCUT2D eigenvalue weighted by atomic mass is 10.2. The van der Waals surface area contributed by atoms with Gasteiger partial charge in [0, 0.05) is 11.7 Å². The first-order chi connectivity index (χ1) is 11.6. The summed E-state index contributed by atoms with van der Waals surface area (Å²) in [6.45, 7) is 2.00. The summed E-state index contributed by atoms with van der Waals surface area (Å²) in [7, 11) is 0. The SMILES string of the molecule is Cc1ccccc1Nc1nc(N)nc(CSCC(=O)NC2CC2)n1. The van der Waals surface area contributed by atoms with Crippen molar-refractivity contribution in [1.82, 2.24) is 20.3 Å². The van der Waals surface area contributed by atoms with Crippen molar-refractivity contribution in [3.63, 3.8) is 0 Å². The molecule has 2 aromatic rings. The van der Waals surface area contributed by atoms with Crippen LogP contribution in [0.1, 0.15) is 24.2 Å². The highest BCUT2D eigenvalue weighted by atomic mass is 32.2. The molecular formula is C16H20N6OS. The van der Waals surface area contributed by atoms with Gasteiger partial charge in [-0.1, -0.05) is 18.2 Å². The largest absolute Gasteiger partial charge is 0.368 e. The monoisotopic (exact) mass is 344 g/mol. The highest BCUT2D eigenvalue weighted by Gasteiger charge is 2.22. The molecule has 3 rings (SSSR count). The van der Waals surface area contributed by atoms with Gasteiger partial charge in [0.25, 0.3) is 0 Å². The molecule has 1 fully saturated rings. The zero-order valence-electron chi connectivity index (χ0n) is 13.5. The number of nitrogens with one attached hydrogen (secondary N) is 2. The fraction of sp³-hybridized carbons (Fsp3) is 0.375. The van der Waals surface area contributed by atoms with Crippen molar-refractivity contribution >= 4 is 35.3 Å². The number of nitrogens with two attached hydrogens (primary N) is 1. The quantitative estimate of drug-likeness (QED) is 0.705. The number of carbonyl (C=O) groups excluding carboxylic acids is 1. The molecule has 1 heterocycles. The summed E-state index contributed by atoms with van der Waals surface area (Å²) >= 11 is 1.46. The van der Waals surface area contributed by atoms with Gasteiger partial charge >= 0.3 is 0 Å². The predicted octanol–water partition coefficient (Wildman–Crippen LogP) is 2.02. The zero-order valence-corrected chi connectivity index (χ0v) is 14.3. The molecular weight excluding hydrogens is 324 g/mol. The summed E-state index contributed by atoms with van der Waals surface area (Å²) in [4.78, 5) is 24.3.